The van der Waals surface area contributed by atoms with Gasteiger partial charge in [-0.15, -0.1) is 0 Å². The molecule has 1 heterocycles. The molecule has 0 atom stereocenters. The van der Waals surface area contributed by atoms with Crippen molar-refractivity contribution in [2.45, 2.75) is 0 Å². The standard InChI is InChI=1S/C25H25N3O5/c1-29-19-9-7-15(11-20(19)30-2)14-6-8-18-17(10-14)23(28-25(26)27-18)16-12-21(31-3)24(33-5)22(13-16)32-4/h6-13H,1-5H3,(H2,26,27,28). The van der Waals surface area contributed by atoms with Crippen LogP contribution < -0.4 is 29.4 Å². The van der Waals surface area contributed by atoms with E-state index in [1.54, 1.807) is 35.5 Å². The summed E-state index contributed by atoms with van der Waals surface area (Å²) in [6.45, 7) is 0. The predicted molar refractivity (Wildman–Crippen MR) is 128 cm³/mol. The van der Waals surface area contributed by atoms with E-state index < -0.39 is 0 Å². The molecule has 0 aliphatic heterocycles. The number of hydrogen-bond acceptors (Lipinski definition) is 8. The molecular weight excluding hydrogens is 422 g/mol. The van der Waals surface area contributed by atoms with E-state index in [0.29, 0.717) is 34.4 Å². The summed E-state index contributed by atoms with van der Waals surface area (Å²) >= 11 is 0. The summed E-state index contributed by atoms with van der Waals surface area (Å²) in [7, 11) is 7.93. The van der Waals surface area contributed by atoms with Gasteiger partial charge in [-0.3, -0.25) is 0 Å². The molecule has 4 aromatic rings. The van der Waals surface area contributed by atoms with E-state index in [9.17, 15) is 0 Å². The molecule has 0 unspecified atom stereocenters. The molecule has 33 heavy (non-hydrogen) atoms. The van der Waals surface area contributed by atoms with Crippen molar-refractivity contribution in [3.8, 4) is 51.1 Å². The fourth-order valence-electron chi connectivity index (χ4n) is 3.78. The Bertz CT molecular complexity index is 1300. The Hall–Kier alpha value is -4.20. The van der Waals surface area contributed by atoms with E-state index in [1.807, 2.05) is 48.5 Å². The van der Waals surface area contributed by atoms with Gasteiger partial charge < -0.3 is 29.4 Å². The molecule has 0 radical (unpaired) electrons. The van der Waals surface area contributed by atoms with Gasteiger partial charge in [0.15, 0.2) is 23.0 Å². The van der Waals surface area contributed by atoms with Crippen molar-refractivity contribution in [2.24, 2.45) is 0 Å². The third-order valence-electron chi connectivity index (χ3n) is 5.37. The molecule has 4 rings (SSSR count). The van der Waals surface area contributed by atoms with Crippen LogP contribution in [0.2, 0.25) is 0 Å². The van der Waals surface area contributed by atoms with Gasteiger partial charge >= 0.3 is 0 Å². The van der Waals surface area contributed by atoms with Crippen molar-refractivity contribution in [1.29, 1.82) is 0 Å². The Morgan fingerprint density at radius 3 is 1.76 bits per heavy atom. The molecule has 170 valence electrons. The van der Waals surface area contributed by atoms with Gasteiger partial charge in [0, 0.05) is 10.9 Å². The van der Waals surface area contributed by atoms with Gasteiger partial charge in [0.1, 0.15) is 0 Å². The molecule has 0 bridgehead atoms. The van der Waals surface area contributed by atoms with Crippen LogP contribution in [-0.2, 0) is 0 Å². The summed E-state index contributed by atoms with van der Waals surface area (Å²) in [5, 5.41) is 0.825. The molecule has 0 aliphatic carbocycles. The third-order valence-corrected chi connectivity index (χ3v) is 5.37. The number of nitrogen functional groups attached to an aromatic ring is 1. The Morgan fingerprint density at radius 1 is 0.576 bits per heavy atom. The molecule has 0 saturated carbocycles. The molecule has 8 nitrogen and oxygen atoms in total. The highest BCUT2D eigenvalue weighted by atomic mass is 16.5. The van der Waals surface area contributed by atoms with Crippen LogP contribution >= 0.6 is 0 Å². The molecule has 0 amide bonds. The largest absolute Gasteiger partial charge is 0.493 e. The number of hydrogen-bond donors (Lipinski definition) is 1. The molecule has 1 aromatic heterocycles. The van der Waals surface area contributed by atoms with E-state index in [-0.39, 0.29) is 5.95 Å². The average Bonchev–Trinajstić information content (AvgIpc) is 2.86. The number of aromatic nitrogens is 2. The Morgan fingerprint density at radius 2 is 1.15 bits per heavy atom. The molecule has 0 spiro atoms. The SMILES string of the molecule is COc1ccc(-c2ccc3nc(N)nc(-c4cc(OC)c(OC)c(OC)c4)c3c2)cc1OC. The maximum atomic E-state index is 6.04. The molecule has 0 saturated heterocycles. The molecule has 8 heteroatoms. The lowest BCUT2D eigenvalue weighted by atomic mass is 9.99. The third kappa shape index (κ3) is 4.03. The van der Waals surface area contributed by atoms with E-state index >= 15 is 0 Å². The summed E-state index contributed by atoms with van der Waals surface area (Å²) < 4.78 is 27.3. The van der Waals surface area contributed by atoms with Gasteiger partial charge in [-0.05, 0) is 47.5 Å². The number of nitrogens with zero attached hydrogens (tertiary/aromatic N) is 2. The van der Waals surface area contributed by atoms with Crippen molar-refractivity contribution in [1.82, 2.24) is 9.97 Å². The highest BCUT2D eigenvalue weighted by Gasteiger charge is 2.18. The number of rotatable bonds is 7. The smallest absolute Gasteiger partial charge is 0.221 e. The summed E-state index contributed by atoms with van der Waals surface area (Å²) in [6, 6.07) is 15.4. The lowest BCUT2D eigenvalue weighted by Gasteiger charge is -2.15. The van der Waals surface area contributed by atoms with Crippen LogP contribution in [0.1, 0.15) is 0 Å². The van der Waals surface area contributed by atoms with Crippen molar-refractivity contribution in [3.63, 3.8) is 0 Å². The zero-order valence-electron chi connectivity index (χ0n) is 19.1. The van der Waals surface area contributed by atoms with Crippen LogP contribution in [-0.4, -0.2) is 45.5 Å². The number of methoxy groups -OCH3 is 5. The minimum Gasteiger partial charge on any atom is -0.493 e. The first-order valence-electron chi connectivity index (χ1n) is 10.1. The van der Waals surface area contributed by atoms with Crippen LogP contribution in [0.25, 0.3) is 33.3 Å². The maximum absolute atomic E-state index is 6.04. The fourth-order valence-corrected chi connectivity index (χ4v) is 3.78. The first kappa shape index (κ1) is 22.0. The molecule has 2 N–H and O–H groups in total. The second kappa shape index (κ2) is 9.12. The highest BCUT2D eigenvalue weighted by Crippen LogP contribution is 2.42. The lowest BCUT2D eigenvalue weighted by molar-refractivity contribution is 0.324. The number of fused-ring (bicyclic) bond motifs is 1. The van der Waals surface area contributed by atoms with Crippen molar-refractivity contribution < 1.29 is 23.7 Å². The average molecular weight is 447 g/mol. The van der Waals surface area contributed by atoms with Crippen LogP contribution in [0.3, 0.4) is 0 Å². The normalized spacial score (nSPS) is 10.7. The zero-order valence-corrected chi connectivity index (χ0v) is 19.1. The van der Waals surface area contributed by atoms with Crippen LogP contribution in [0.4, 0.5) is 5.95 Å². The minimum absolute atomic E-state index is 0.171. The van der Waals surface area contributed by atoms with Gasteiger partial charge in [0.05, 0.1) is 46.8 Å². The van der Waals surface area contributed by atoms with Crippen molar-refractivity contribution in [3.05, 3.63) is 48.5 Å². The van der Waals surface area contributed by atoms with E-state index in [4.69, 9.17) is 29.4 Å². The summed E-state index contributed by atoms with van der Waals surface area (Å²) in [6.07, 6.45) is 0. The molecule has 0 aliphatic rings. The van der Waals surface area contributed by atoms with Gasteiger partial charge in [-0.25, -0.2) is 9.97 Å². The second-order valence-electron chi connectivity index (χ2n) is 7.15. The maximum Gasteiger partial charge on any atom is 0.221 e. The number of ether oxygens (including phenoxy) is 5. The number of anilines is 1. The first-order chi connectivity index (χ1) is 16.0. The molecular formula is C25H25N3O5. The summed E-state index contributed by atoms with van der Waals surface area (Å²) in [5.74, 6) is 3.03. The van der Waals surface area contributed by atoms with E-state index in [2.05, 4.69) is 9.97 Å². The fraction of sp³-hybridized carbons (Fsp3) is 0.200. The van der Waals surface area contributed by atoms with Crippen LogP contribution in [0, 0.1) is 0 Å². The second-order valence-corrected chi connectivity index (χ2v) is 7.15. The molecule has 0 fully saturated rings. The minimum atomic E-state index is 0.171. The zero-order chi connectivity index (χ0) is 23.5. The van der Waals surface area contributed by atoms with Gasteiger partial charge in [0.2, 0.25) is 11.7 Å². The Labute approximate surface area is 191 Å². The summed E-state index contributed by atoms with van der Waals surface area (Å²) in [4.78, 5) is 8.96. The van der Waals surface area contributed by atoms with Crippen LogP contribution in [0.15, 0.2) is 48.5 Å². The quantitative estimate of drug-likeness (QED) is 0.439. The monoisotopic (exact) mass is 447 g/mol. The number of benzene rings is 3. The highest BCUT2D eigenvalue weighted by molar-refractivity contribution is 5.96. The number of nitrogens with two attached hydrogens (primary N) is 1. The van der Waals surface area contributed by atoms with Crippen LogP contribution in [0.5, 0.6) is 28.7 Å². The predicted octanol–water partition coefficient (Wildman–Crippen LogP) is 4.59. The van der Waals surface area contributed by atoms with Gasteiger partial charge in [-0.1, -0.05) is 12.1 Å². The Kier molecular flexibility index (Phi) is 6.08. The first-order valence-corrected chi connectivity index (χ1v) is 10.1. The lowest BCUT2D eigenvalue weighted by Crippen LogP contribution is -2.00. The van der Waals surface area contributed by atoms with Gasteiger partial charge in [-0.2, -0.15) is 0 Å². The van der Waals surface area contributed by atoms with Crippen molar-refractivity contribution >= 4 is 16.9 Å². The van der Waals surface area contributed by atoms with Gasteiger partial charge in [0.25, 0.3) is 0 Å². The van der Waals surface area contributed by atoms with E-state index in [1.165, 1.54) is 0 Å². The molecule has 3 aromatic carbocycles. The summed E-state index contributed by atoms with van der Waals surface area (Å²) in [5.41, 5.74) is 10.1. The Balaban J connectivity index is 1.94. The van der Waals surface area contributed by atoms with Crippen molar-refractivity contribution in [2.75, 3.05) is 41.3 Å². The topological polar surface area (TPSA) is 98.0 Å². The van der Waals surface area contributed by atoms with E-state index in [0.717, 1.165) is 27.6 Å².